The van der Waals surface area contributed by atoms with E-state index >= 15 is 0 Å². The zero-order valence-electron chi connectivity index (χ0n) is 14.1. The van der Waals surface area contributed by atoms with Gasteiger partial charge in [0.1, 0.15) is 11.5 Å². The van der Waals surface area contributed by atoms with E-state index in [1.54, 1.807) is 46.8 Å². The minimum Gasteiger partial charge on any atom is -0.467 e. The Morgan fingerprint density at radius 2 is 2.12 bits per heavy atom. The summed E-state index contributed by atoms with van der Waals surface area (Å²) in [5.41, 5.74) is 1.14. The van der Waals surface area contributed by atoms with E-state index in [4.69, 9.17) is 4.42 Å². The molecule has 3 rings (SSSR count). The van der Waals surface area contributed by atoms with Crippen molar-refractivity contribution in [1.29, 1.82) is 0 Å². The molecule has 24 heavy (non-hydrogen) atoms. The predicted octanol–water partition coefficient (Wildman–Crippen LogP) is 2.52. The van der Waals surface area contributed by atoms with Crippen molar-refractivity contribution in [3.05, 3.63) is 58.5 Å². The van der Waals surface area contributed by atoms with Crippen molar-refractivity contribution in [3.8, 4) is 0 Å². The van der Waals surface area contributed by atoms with Crippen molar-refractivity contribution in [3.63, 3.8) is 0 Å². The fourth-order valence-electron chi connectivity index (χ4n) is 2.80. The Labute approximate surface area is 139 Å². The van der Waals surface area contributed by atoms with Gasteiger partial charge in [0.05, 0.1) is 23.7 Å². The quantitative estimate of drug-likeness (QED) is 0.783. The third-order valence-electron chi connectivity index (χ3n) is 3.98. The largest absolute Gasteiger partial charge is 0.467 e. The first-order valence-electron chi connectivity index (χ1n) is 7.97. The number of carbonyl (C=O) groups excluding carboxylic acids is 1. The number of carbonyl (C=O) groups is 1. The van der Waals surface area contributed by atoms with Crippen LogP contribution in [0.3, 0.4) is 0 Å². The first kappa shape index (κ1) is 16.1. The number of pyridine rings is 1. The highest BCUT2D eigenvalue weighted by molar-refractivity contribution is 5.98. The molecule has 0 aliphatic carbocycles. The Kier molecular flexibility index (Phi) is 4.29. The van der Waals surface area contributed by atoms with Crippen LogP contribution in [0, 0.1) is 5.92 Å². The lowest BCUT2D eigenvalue weighted by atomic mass is 10.2. The van der Waals surface area contributed by atoms with Crippen molar-refractivity contribution in [1.82, 2.24) is 14.5 Å². The number of nitrogens with zero attached hydrogens (tertiary/aromatic N) is 2. The van der Waals surface area contributed by atoms with Gasteiger partial charge in [0.25, 0.3) is 11.5 Å². The summed E-state index contributed by atoms with van der Waals surface area (Å²) >= 11 is 0. The molecule has 0 aliphatic heterocycles. The first-order chi connectivity index (χ1) is 11.5. The van der Waals surface area contributed by atoms with Gasteiger partial charge in [-0.05, 0) is 30.2 Å². The molecule has 0 unspecified atom stereocenters. The summed E-state index contributed by atoms with van der Waals surface area (Å²) in [6, 6.07) is 7.11. The maximum Gasteiger partial charge on any atom is 0.268 e. The summed E-state index contributed by atoms with van der Waals surface area (Å²) in [4.78, 5) is 25.0. The van der Waals surface area contributed by atoms with E-state index in [0.29, 0.717) is 35.8 Å². The van der Waals surface area contributed by atoms with Gasteiger partial charge in [-0.15, -0.1) is 0 Å². The SMILES string of the molecule is CC(C)Cn1ccc2c(cc(C(=O)NCc3ccco3)n2C)c1=O. The molecular weight excluding hydrogens is 306 g/mol. The van der Waals surface area contributed by atoms with Crippen LogP contribution in [-0.2, 0) is 20.1 Å². The second-order valence-corrected chi connectivity index (χ2v) is 6.32. The summed E-state index contributed by atoms with van der Waals surface area (Å²) in [6.07, 6.45) is 3.35. The molecule has 6 nitrogen and oxygen atoms in total. The highest BCUT2D eigenvalue weighted by atomic mass is 16.3. The van der Waals surface area contributed by atoms with Crippen LogP contribution in [0.25, 0.3) is 10.9 Å². The van der Waals surface area contributed by atoms with Crippen molar-refractivity contribution < 1.29 is 9.21 Å². The topological polar surface area (TPSA) is 69.2 Å². The molecule has 0 atom stereocenters. The second-order valence-electron chi connectivity index (χ2n) is 6.32. The number of nitrogens with one attached hydrogen (secondary N) is 1. The Morgan fingerprint density at radius 3 is 2.79 bits per heavy atom. The van der Waals surface area contributed by atoms with Crippen LogP contribution in [0.2, 0.25) is 0 Å². The van der Waals surface area contributed by atoms with Crippen LogP contribution in [-0.4, -0.2) is 15.0 Å². The normalized spacial score (nSPS) is 11.3. The predicted molar refractivity (Wildman–Crippen MR) is 91.9 cm³/mol. The molecule has 3 aromatic heterocycles. The zero-order valence-corrected chi connectivity index (χ0v) is 14.1. The van der Waals surface area contributed by atoms with Crippen LogP contribution in [0.5, 0.6) is 0 Å². The van der Waals surface area contributed by atoms with Crippen LogP contribution in [0.15, 0.2) is 45.9 Å². The van der Waals surface area contributed by atoms with Crippen molar-refractivity contribution >= 4 is 16.8 Å². The van der Waals surface area contributed by atoms with Crippen LogP contribution in [0.4, 0.5) is 0 Å². The standard InChI is InChI=1S/C18H21N3O3/c1-12(2)11-21-7-6-15-14(18(21)23)9-16(20(15)3)17(22)19-10-13-5-4-8-24-13/h4-9,12H,10-11H2,1-3H3,(H,19,22). The molecule has 126 valence electrons. The molecule has 0 aromatic carbocycles. The number of fused-ring (bicyclic) bond motifs is 1. The smallest absolute Gasteiger partial charge is 0.268 e. The van der Waals surface area contributed by atoms with Crippen LogP contribution < -0.4 is 10.9 Å². The van der Waals surface area contributed by atoms with Gasteiger partial charge in [0.15, 0.2) is 0 Å². The summed E-state index contributed by atoms with van der Waals surface area (Å²) in [5.74, 6) is 0.821. The van der Waals surface area contributed by atoms with E-state index in [9.17, 15) is 9.59 Å². The van der Waals surface area contributed by atoms with E-state index < -0.39 is 0 Å². The lowest BCUT2D eigenvalue weighted by Crippen LogP contribution is -2.24. The van der Waals surface area contributed by atoms with E-state index in [1.165, 1.54) is 0 Å². The highest BCUT2D eigenvalue weighted by Crippen LogP contribution is 2.16. The van der Waals surface area contributed by atoms with Gasteiger partial charge < -0.3 is 18.9 Å². The Bertz CT molecular complexity index is 917. The Hall–Kier alpha value is -2.76. The third-order valence-corrected chi connectivity index (χ3v) is 3.98. The molecule has 0 spiro atoms. The maximum absolute atomic E-state index is 12.6. The van der Waals surface area contributed by atoms with Crippen LogP contribution in [0.1, 0.15) is 30.1 Å². The van der Waals surface area contributed by atoms with Gasteiger partial charge in [-0.1, -0.05) is 13.8 Å². The molecule has 0 saturated carbocycles. The molecule has 0 fully saturated rings. The molecule has 1 amide bonds. The number of rotatable bonds is 5. The lowest BCUT2D eigenvalue weighted by Gasteiger charge is -2.08. The molecule has 1 N–H and O–H groups in total. The molecule has 0 aliphatic rings. The fraction of sp³-hybridized carbons (Fsp3) is 0.333. The van der Waals surface area contributed by atoms with E-state index in [-0.39, 0.29) is 11.5 Å². The van der Waals surface area contributed by atoms with Gasteiger partial charge in [0.2, 0.25) is 0 Å². The molecule has 3 aromatic rings. The van der Waals surface area contributed by atoms with E-state index in [0.717, 1.165) is 5.52 Å². The number of aryl methyl sites for hydroxylation is 1. The van der Waals surface area contributed by atoms with Crippen LogP contribution >= 0.6 is 0 Å². The Balaban J connectivity index is 1.91. The van der Waals surface area contributed by atoms with E-state index in [2.05, 4.69) is 19.2 Å². The zero-order chi connectivity index (χ0) is 17.3. The molecule has 6 heteroatoms. The monoisotopic (exact) mass is 327 g/mol. The van der Waals surface area contributed by atoms with E-state index in [1.807, 2.05) is 6.07 Å². The fourth-order valence-corrected chi connectivity index (χ4v) is 2.80. The summed E-state index contributed by atoms with van der Waals surface area (Å²) in [7, 11) is 1.79. The minimum absolute atomic E-state index is 0.0677. The van der Waals surface area contributed by atoms with Gasteiger partial charge in [-0.3, -0.25) is 9.59 Å². The number of hydrogen-bond acceptors (Lipinski definition) is 3. The molecule has 0 bridgehead atoms. The van der Waals surface area contributed by atoms with Crippen molar-refractivity contribution in [2.75, 3.05) is 0 Å². The lowest BCUT2D eigenvalue weighted by molar-refractivity contribution is 0.0940. The Morgan fingerprint density at radius 1 is 1.33 bits per heavy atom. The average molecular weight is 327 g/mol. The third kappa shape index (κ3) is 2.99. The van der Waals surface area contributed by atoms with Gasteiger partial charge >= 0.3 is 0 Å². The average Bonchev–Trinajstić information content (AvgIpc) is 3.16. The molecule has 3 heterocycles. The summed E-state index contributed by atoms with van der Waals surface area (Å²) < 4.78 is 8.64. The second kappa shape index (κ2) is 6.39. The summed E-state index contributed by atoms with van der Waals surface area (Å²) in [5, 5.41) is 3.37. The number of hydrogen-bond donors (Lipinski definition) is 1. The molecular formula is C18H21N3O3. The number of aromatic nitrogens is 2. The molecule has 0 saturated heterocycles. The first-order valence-corrected chi connectivity index (χ1v) is 7.97. The highest BCUT2D eigenvalue weighted by Gasteiger charge is 2.16. The van der Waals surface area contributed by atoms with Gasteiger partial charge in [-0.2, -0.15) is 0 Å². The van der Waals surface area contributed by atoms with Crippen molar-refractivity contribution in [2.45, 2.75) is 26.9 Å². The number of furan rings is 1. The summed E-state index contributed by atoms with van der Waals surface area (Å²) in [6.45, 7) is 5.10. The van der Waals surface area contributed by atoms with Gasteiger partial charge in [0, 0.05) is 19.8 Å². The van der Waals surface area contributed by atoms with Crippen molar-refractivity contribution in [2.24, 2.45) is 13.0 Å². The maximum atomic E-state index is 12.6. The number of amides is 1. The van der Waals surface area contributed by atoms with Gasteiger partial charge in [-0.25, -0.2) is 0 Å². The molecule has 0 radical (unpaired) electrons. The minimum atomic E-state index is -0.236.